The molecule has 1 aliphatic heterocycles. The van der Waals surface area contributed by atoms with Gasteiger partial charge in [0.05, 0.1) is 24.5 Å². The lowest BCUT2D eigenvalue weighted by atomic mass is 9.97. The van der Waals surface area contributed by atoms with Crippen molar-refractivity contribution in [3.63, 3.8) is 0 Å². The molecule has 1 heterocycles. The van der Waals surface area contributed by atoms with Crippen LogP contribution in [0, 0.1) is 11.3 Å². The summed E-state index contributed by atoms with van der Waals surface area (Å²) in [5.41, 5.74) is -1.74. The van der Waals surface area contributed by atoms with Crippen molar-refractivity contribution in [2.45, 2.75) is 6.18 Å². The molecule has 7 heteroatoms. The zero-order valence-corrected chi connectivity index (χ0v) is 10.8. The second-order valence-electron chi connectivity index (χ2n) is 4.32. The first-order valence-corrected chi connectivity index (χ1v) is 6.11. The Morgan fingerprint density at radius 1 is 1.33 bits per heavy atom. The number of nitriles is 1. The van der Waals surface area contributed by atoms with Crippen LogP contribution in [-0.4, -0.2) is 25.5 Å². The summed E-state index contributed by atoms with van der Waals surface area (Å²) in [6.45, 7) is 0.813. The molecule has 1 aliphatic rings. The Balaban J connectivity index is 2.47. The summed E-state index contributed by atoms with van der Waals surface area (Å²) < 4.78 is 43.9. The Bertz CT molecular complexity index is 622. The average Bonchev–Trinajstić information content (AvgIpc) is 2.48. The van der Waals surface area contributed by atoms with E-state index < -0.39 is 23.1 Å². The van der Waals surface area contributed by atoms with Crippen molar-refractivity contribution in [2.24, 2.45) is 0 Å². The van der Waals surface area contributed by atoms with Gasteiger partial charge in [0.15, 0.2) is 0 Å². The molecule has 1 saturated heterocycles. The van der Waals surface area contributed by atoms with Gasteiger partial charge in [-0.05, 0) is 6.07 Å². The molecule has 1 aromatic rings. The van der Waals surface area contributed by atoms with E-state index >= 15 is 0 Å². The third kappa shape index (κ3) is 3.23. The van der Waals surface area contributed by atoms with Crippen LogP contribution in [0.4, 0.5) is 13.2 Å². The lowest BCUT2D eigenvalue weighted by Crippen LogP contribution is -2.31. The number of nitrogens with zero attached hydrogens (tertiary/aromatic N) is 1. The molecule has 0 unspecified atom stereocenters. The first kappa shape index (κ1) is 15.1. The second-order valence-corrected chi connectivity index (χ2v) is 4.32. The van der Waals surface area contributed by atoms with E-state index in [1.807, 2.05) is 0 Å². The van der Waals surface area contributed by atoms with Gasteiger partial charge in [-0.3, -0.25) is 4.79 Å². The van der Waals surface area contributed by atoms with Crippen LogP contribution < -0.4 is 5.32 Å². The number of hydrogen-bond donors (Lipinski definition) is 1. The number of halogens is 3. The Morgan fingerprint density at radius 3 is 2.62 bits per heavy atom. The number of ether oxygens (including phenoxy) is 1. The van der Waals surface area contributed by atoms with Gasteiger partial charge in [0.1, 0.15) is 11.6 Å². The molecule has 4 nitrogen and oxygen atoms in total. The first-order chi connectivity index (χ1) is 9.95. The van der Waals surface area contributed by atoms with E-state index in [0.29, 0.717) is 13.2 Å². The van der Waals surface area contributed by atoms with E-state index in [1.165, 1.54) is 12.1 Å². The number of ketones is 1. The number of allylic oxidation sites excluding steroid dienone is 1. The van der Waals surface area contributed by atoms with Crippen LogP contribution in [0.25, 0.3) is 0 Å². The van der Waals surface area contributed by atoms with Gasteiger partial charge in [-0.1, -0.05) is 18.2 Å². The largest absolute Gasteiger partial charge is 0.417 e. The molecule has 0 aliphatic carbocycles. The van der Waals surface area contributed by atoms with Crippen LogP contribution in [-0.2, 0) is 10.9 Å². The molecule has 0 aromatic heterocycles. The summed E-state index contributed by atoms with van der Waals surface area (Å²) in [4.78, 5) is 12.3. The fraction of sp³-hybridized carbons (Fsp3) is 0.286. The fourth-order valence-corrected chi connectivity index (χ4v) is 1.98. The number of nitrogens with one attached hydrogen (secondary N) is 1. The molecule has 0 spiro atoms. The quantitative estimate of drug-likeness (QED) is 0.517. The van der Waals surface area contributed by atoms with Crippen molar-refractivity contribution in [3.05, 3.63) is 46.7 Å². The SMILES string of the molecule is N#C/C(C(=O)c1ccccc1C(F)(F)F)=C1\COCCN1. The number of Topliss-reactive ketones (excluding diaryl/α,β-unsaturated/α-hetero) is 1. The van der Waals surface area contributed by atoms with Gasteiger partial charge in [0.25, 0.3) is 0 Å². The average molecular weight is 296 g/mol. The van der Waals surface area contributed by atoms with E-state index in [-0.39, 0.29) is 17.9 Å². The molecule has 0 amide bonds. The topological polar surface area (TPSA) is 62.1 Å². The van der Waals surface area contributed by atoms with Crippen molar-refractivity contribution < 1.29 is 22.7 Å². The highest BCUT2D eigenvalue weighted by atomic mass is 19.4. The lowest BCUT2D eigenvalue weighted by molar-refractivity contribution is -0.137. The van der Waals surface area contributed by atoms with Crippen molar-refractivity contribution in [2.75, 3.05) is 19.8 Å². The van der Waals surface area contributed by atoms with Gasteiger partial charge in [0.2, 0.25) is 5.78 Å². The third-order valence-electron chi connectivity index (χ3n) is 2.95. The lowest BCUT2D eigenvalue weighted by Gasteiger charge is -2.19. The first-order valence-electron chi connectivity index (χ1n) is 6.11. The number of carbonyl (C=O) groups excluding carboxylic acids is 1. The minimum Gasteiger partial charge on any atom is -0.383 e. The van der Waals surface area contributed by atoms with Crippen LogP contribution in [0.15, 0.2) is 35.5 Å². The summed E-state index contributed by atoms with van der Waals surface area (Å²) in [6, 6.07) is 6.07. The predicted molar refractivity (Wildman–Crippen MR) is 67.2 cm³/mol. The molecule has 2 rings (SSSR count). The smallest absolute Gasteiger partial charge is 0.383 e. The Labute approximate surface area is 118 Å². The molecule has 1 fully saturated rings. The van der Waals surface area contributed by atoms with Crippen LogP contribution in [0.5, 0.6) is 0 Å². The van der Waals surface area contributed by atoms with E-state index in [1.54, 1.807) is 6.07 Å². The van der Waals surface area contributed by atoms with E-state index in [2.05, 4.69) is 5.32 Å². The molecule has 1 aromatic carbocycles. The van der Waals surface area contributed by atoms with Gasteiger partial charge in [-0.15, -0.1) is 0 Å². The second kappa shape index (κ2) is 5.97. The highest BCUT2D eigenvalue weighted by Crippen LogP contribution is 2.33. The van der Waals surface area contributed by atoms with Gasteiger partial charge in [0, 0.05) is 12.1 Å². The monoisotopic (exact) mass is 296 g/mol. The molecular formula is C14H11F3N2O2. The van der Waals surface area contributed by atoms with Crippen molar-refractivity contribution in [1.82, 2.24) is 5.32 Å². The Hall–Kier alpha value is -2.33. The summed E-state index contributed by atoms with van der Waals surface area (Å²) in [6.07, 6.45) is -4.66. The van der Waals surface area contributed by atoms with Crippen LogP contribution in [0.1, 0.15) is 15.9 Å². The molecular weight excluding hydrogens is 285 g/mol. The van der Waals surface area contributed by atoms with Crippen LogP contribution in [0.3, 0.4) is 0 Å². The fourth-order valence-electron chi connectivity index (χ4n) is 1.98. The van der Waals surface area contributed by atoms with Gasteiger partial charge >= 0.3 is 6.18 Å². The zero-order chi connectivity index (χ0) is 15.5. The maximum Gasteiger partial charge on any atom is 0.417 e. The molecule has 21 heavy (non-hydrogen) atoms. The molecule has 110 valence electrons. The molecule has 1 N–H and O–H groups in total. The number of rotatable bonds is 2. The zero-order valence-electron chi connectivity index (χ0n) is 10.8. The van der Waals surface area contributed by atoms with E-state index in [4.69, 9.17) is 10.00 Å². The summed E-state index contributed by atoms with van der Waals surface area (Å²) in [7, 11) is 0. The number of morpholine rings is 1. The summed E-state index contributed by atoms with van der Waals surface area (Å²) in [5, 5.41) is 11.9. The number of hydrogen-bond acceptors (Lipinski definition) is 4. The van der Waals surface area contributed by atoms with Crippen LogP contribution in [0.2, 0.25) is 0 Å². The van der Waals surface area contributed by atoms with Crippen molar-refractivity contribution in [3.8, 4) is 6.07 Å². The van der Waals surface area contributed by atoms with Gasteiger partial charge in [-0.2, -0.15) is 18.4 Å². The Morgan fingerprint density at radius 2 is 2.05 bits per heavy atom. The maximum absolute atomic E-state index is 12.9. The standard InChI is InChI=1S/C14H11F3N2O2/c15-14(16,17)11-4-2-1-3-9(11)13(20)10(7-18)12-8-21-6-5-19-12/h1-4,19H,5-6,8H2/b12-10-. The number of carbonyl (C=O) groups is 1. The van der Waals surface area contributed by atoms with Crippen LogP contribution >= 0.6 is 0 Å². The number of alkyl halides is 3. The van der Waals surface area contributed by atoms with Gasteiger partial charge in [-0.25, -0.2) is 0 Å². The third-order valence-corrected chi connectivity index (χ3v) is 2.95. The molecule has 0 radical (unpaired) electrons. The van der Waals surface area contributed by atoms with Crippen molar-refractivity contribution >= 4 is 5.78 Å². The number of benzene rings is 1. The molecule has 0 saturated carbocycles. The normalized spacial score (nSPS) is 17.6. The van der Waals surface area contributed by atoms with E-state index in [9.17, 15) is 18.0 Å². The predicted octanol–water partition coefficient (Wildman–Crippen LogP) is 2.29. The minimum atomic E-state index is -4.66. The molecule has 0 bridgehead atoms. The Kier molecular flexibility index (Phi) is 4.29. The van der Waals surface area contributed by atoms with Gasteiger partial charge < -0.3 is 10.1 Å². The summed E-state index contributed by atoms with van der Waals surface area (Å²) in [5.74, 6) is -0.960. The highest BCUT2D eigenvalue weighted by Gasteiger charge is 2.36. The van der Waals surface area contributed by atoms with Crippen molar-refractivity contribution in [1.29, 1.82) is 5.26 Å². The summed E-state index contributed by atoms with van der Waals surface area (Å²) >= 11 is 0. The highest BCUT2D eigenvalue weighted by molar-refractivity contribution is 6.12. The maximum atomic E-state index is 12.9. The minimum absolute atomic E-state index is 0.00280. The molecule has 0 atom stereocenters. The van der Waals surface area contributed by atoms with E-state index in [0.717, 1.165) is 12.1 Å².